The Morgan fingerprint density at radius 2 is 1.89 bits per heavy atom. The molecule has 0 saturated heterocycles. The Kier molecular flexibility index (Phi) is 4.46. The molecule has 1 N–H and O–H groups in total. The Morgan fingerprint density at radius 1 is 1.15 bits per heavy atom. The first-order valence-electron chi connectivity index (χ1n) is 8.82. The molecule has 1 aromatic heterocycles. The smallest absolute Gasteiger partial charge is 0.276 e. The van der Waals surface area contributed by atoms with Crippen molar-refractivity contribution in [1.82, 2.24) is 15.1 Å². The van der Waals surface area contributed by atoms with E-state index < -0.39 is 11.3 Å². The number of hydrogen-bond acceptors (Lipinski definition) is 4. The number of aryl methyl sites for hydroxylation is 1. The van der Waals surface area contributed by atoms with E-state index in [1.54, 1.807) is 11.6 Å². The topological polar surface area (TPSA) is 73.2 Å². The molecule has 136 valence electrons. The summed E-state index contributed by atoms with van der Waals surface area (Å²) in [6.45, 7) is 2.30. The minimum Gasteiger partial charge on any atom is -0.493 e. The number of rotatable bonds is 3. The highest BCUT2D eigenvalue weighted by atomic mass is 16.5. The number of hydrogen-bond donors (Lipinski definition) is 1. The van der Waals surface area contributed by atoms with Crippen molar-refractivity contribution in [1.29, 1.82) is 0 Å². The molecular weight excluding hydrogens is 342 g/mol. The number of ether oxygens (including phenoxy) is 1. The monoisotopic (exact) mass is 361 g/mol. The van der Waals surface area contributed by atoms with Crippen LogP contribution in [0.3, 0.4) is 0 Å². The average Bonchev–Trinajstić information content (AvgIpc) is 2.69. The maximum Gasteiger partial charge on any atom is 0.276 e. The second-order valence-electron chi connectivity index (χ2n) is 6.45. The molecule has 6 heteroatoms. The second-order valence-corrected chi connectivity index (χ2v) is 6.45. The highest BCUT2D eigenvalue weighted by Gasteiger charge is 2.25. The van der Waals surface area contributed by atoms with Crippen LogP contribution < -0.4 is 15.5 Å². The summed E-state index contributed by atoms with van der Waals surface area (Å²) in [5.41, 5.74) is 1.86. The van der Waals surface area contributed by atoms with Gasteiger partial charge in [0, 0.05) is 23.7 Å². The summed E-state index contributed by atoms with van der Waals surface area (Å²) >= 11 is 0. The van der Waals surface area contributed by atoms with Crippen molar-refractivity contribution in [2.24, 2.45) is 0 Å². The Bertz CT molecular complexity index is 1040. The van der Waals surface area contributed by atoms with Gasteiger partial charge in [0.2, 0.25) is 5.43 Å². The van der Waals surface area contributed by atoms with Crippen LogP contribution in [0.1, 0.15) is 34.2 Å². The summed E-state index contributed by atoms with van der Waals surface area (Å²) in [7, 11) is 0. The van der Waals surface area contributed by atoms with Crippen LogP contribution in [0.2, 0.25) is 0 Å². The molecule has 3 aromatic rings. The summed E-state index contributed by atoms with van der Waals surface area (Å²) < 4.78 is 7.23. The molecule has 1 atom stereocenters. The van der Waals surface area contributed by atoms with Gasteiger partial charge in [-0.25, -0.2) is 4.68 Å². The third kappa shape index (κ3) is 3.33. The van der Waals surface area contributed by atoms with Crippen molar-refractivity contribution in [2.75, 3.05) is 6.61 Å². The number of amides is 1. The lowest BCUT2D eigenvalue weighted by atomic mass is 10.0. The Labute approximate surface area is 156 Å². The molecular formula is C21H19N3O3. The summed E-state index contributed by atoms with van der Waals surface area (Å²) in [5.74, 6) is 0.277. The maximum atomic E-state index is 12.8. The van der Waals surface area contributed by atoms with E-state index in [1.807, 2.05) is 54.6 Å². The van der Waals surface area contributed by atoms with Crippen LogP contribution in [-0.4, -0.2) is 22.3 Å². The molecule has 0 bridgehead atoms. The van der Waals surface area contributed by atoms with Gasteiger partial charge in [-0.15, -0.1) is 0 Å². The fourth-order valence-electron chi connectivity index (χ4n) is 3.25. The summed E-state index contributed by atoms with van der Waals surface area (Å²) in [6, 6.07) is 18.2. The standard InChI is InChI=1S/C21H19N3O3/c1-14-13-18(25)20(23-24(14)15-7-3-2-4-8-15)21(26)22-17-11-12-27-19-10-6-5-9-16(17)19/h2-10,13,17H,11-12H2,1H3,(H,22,26). The summed E-state index contributed by atoms with van der Waals surface area (Å²) in [5, 5.41) is 7.26. The first-order valence-corrected chi connectivity index (χ1v) is 8.82. The Balaban J connectivity index is 1.66. The molecule has 27 heavy (non-hydrogen) atoms. The molecule has 0 fully saturated rings. The van der Waals surface area contributed by atoms with Gasteiger partial charge in [0.15, 0.2) is 5.69 Å². The normalized spacial score (nSPS) is 15.5. The number of fused-ring (bicyclic) bond motifs is 1. The molecule has 0 saturated carbocycles. The zero-order valence-corrected chi connectivity index (χ0v) is 14.9. The zero-order chi connectivity index (χ0) is 18.8. The first kappa shape index (κ1) is 17.0. The molecule has 0 radical (unpaired) electrons. The van der Waals surface area contributed by atoms with Gasteiger partial charge in [-0.05, 0) is 25.1 Å². The molecule has 0 aliphatic carbocycles. The number of nitrogens with zero attached hydrogens (tertiary/aromatic N) is 2. The molecule has 1 amide bonds. The van der Waals surface area contributed by atoms with Crippen molar-refractivity contribution in [3.05, 3.63) is 87.8 Å². The van der Waals surface area contributed by atoms with Crippen LogP contribution in [0.4, 0.5) is 0 Å². The number of benzene rings is 2. The Hall–Kier alpha value is -3.41. The summed E-state index contributed by atoms with van der Waals surface area (Å²) in [4.78, 5) is 25.2. The molecule has 1 aliphatic heterocycles. The van der Waals surface area contributed by atoms with Gasteiger partial charge in [0.1, 0.15) is 5.75 Å². The van der Waals surface area contributed by atoms with Crippen LogP contribution in [0.25, 0.3) is 5.69 Å². The van der Waals surface area contributed by atoms with Gasteiger partial charge in [0.25, 0.3) is 5.91 Å². The predicted octanol–water partition coefficient (Wildman–Crippen LogP) is 2.79. The Morgan fingerprint density at radius 3 is 2.70 bits per heavy atom. The number of aromatic nitrogens is 2. The van der Waals surface area contributed by atoms with E-state index in [0.29, 0.717) is 18.7 Å². The maximum absolute atomic E-state index is 12.8. The number of nitrogens with one attached hydrogen (secondary N) is 1. The van der Waals surface area contributed by atoms with E-state index in [4.69, 9.17) is 4.74 Å². The van der Waals surface area contributed by atoms with E-state index in [1.165, 1.54) is 6.07 Å². The fourth-order valence-corrected chi connectivity index (χ4v) is 3.25. The highest BCUT2D eigenvalue weighted by molar-refractivity contribution is 5.92. The second kappa shape index (κ2) is 7.07. The van der Waals surface area contributed by atoms with E-state index in [0.717, 1.165) is 17.0 Å². The summed E-state index contributed by atoms with van der Waals surface area (Å²) in [6.07, 6.45) is 0.640. The van der Waals surface area contributed by atoms with Crippen LogP contribution in [0, 0.1) is 6.92 Å². The third-order valence-corrected chi connectivity index (χ3v) is 4.59. The van der Waals surface area contributed by atoms with Crippen LogP contribution >= 0.6 is 0 Å². The quantitative estimate of drug-likeness (QED) is 0.779. The van der Waals surface area contributed by atoms with E-state index in [2.05, 4.69) is 10.4 Å². The minimum atomic E-state index is -0.480. The molecule has 4 rings (SSSR count). The molecule has 1 aliphatic rings. The number of carbonyl (C=O) groups excluding carboxylic acids is 1. The van der Waals surface area contributed by atoms with Crippen molar-refractivity contribution in [2.45, 2.75) is 19.4 Å². The fraction of sp³-hybridized carbons (Fsp3) is 0.190. The van der Waals surface area contributed by atoms with Crippen molar-refractivity contribution >= 4 is 5.91 Å². The lowest BCUT2D eigenvalue weighted by Crippen LogP contribution is -2.36. The van der Waals surface area contributed by atoms with Gasteiger partial charge in [-0.3, -0.25) is 9.59 Å². The van der Waals surface area contributed by atoms with E-state index >= 15 is 0 Å². The lowest BCUT2D eigenvalue weighted by molar-refractivity contribution is 0.0916. The SMILES string of the molecule is Cc1cc(=O)c(C(=O)NC2CCOc3ccccc32)nn1-c1ccccc1. The van der Waals surface area contributed by atoms with Crippen molar-refractivity contribution < 1.29 is 9.53 Å². The van der Waals surface area contributed by atoms with Crippen molar-refractivity contribution in [3.63, 3.8) is 0 Å². The first-order chi connectivity index (χ1) is 13.1. The number of para-hydroxylation sites is 2. The third-order valence-electron chi connectivity index (χ3n) is 4.59. The van der Waals surface area contributed by atoms with Crippen LogP contribution in [0.5, 0.6) is 5.75 Å². The molecule has 1 unspecified atom stereocenters. The molecule has 2 aromatic carbocycles. The van der Waals surface area contributed by atoms with Crippen molar-refractivity contribution in [3.8, 4) is 11.4 Å². The lowest BCUT2D eigenvalue weighted by Gasteiger charge is -2.26. The predicted molar refractivity (Wildman–Crippen MR) is 101 cm³/mol. The number of carbonyl (C=O) groups is 1. The van der Waals surface area contributed by atoms with Gasteiger partial charge >= 0.3 is 0 Å². The average molecular weight is 361 g/mol. The van der Waals surface area contributed by atoms with E-state index in [9.17, 15) is 9.59 Å². The van der Waals surface area contributed by atoms with Gasteiger partial charge in [-0.1, -0.05) is 36.4 Å². The minimum absolute atomic E-state index is 0.117. The molecule has 0 spiro atoms. The van der Waals surface area contributed by atoms with Gasteiger partial charge in [-0.2, -0.15) is 5.10 Å². The van der Waals surface area contributed by atoms with Gasteiger partial charge in [0.05, 0.1) is 18.3 Å². The zero-order valence-electron chi connectivity index (χ0n) is 14.9. The van der Waals surface area contributed by atoms with E-state index in [-0.39, 0.29) is 11.7 Å². The van der Waals surface area contributed by atoms with Crippen LogP contribution in [-0.2, 0) is 0 Å². The molecule has 6 nitrogen and oxygen atoms in total. The highest BCUT2D eigenvalue weighted by Crippen LogP contribution is 2.31. The largest absolute Gasteiger partial charge is 0.493 e. The molecule has 2 heterocycles. The van der Waals surface area contributed by atoms with Crippen LogP contribution in [0.15, 0.2) is 65.5 Å². The van der Waals surface area contributed by atoms with Gasteiger partial charge < -0.3 is 10.1 Å².